The van der Waals surface area contributed by atoms with Gasteiger partial charge in [0.15, 0.2) is 5.78 Å². The number of aliphatic hydroxyl groups excluding tert-OH is 1. The maximum atomic E-state index is 10.7. The molecule has 0 radical (unpaired) electrons. The molecule has 0 aliphatic carbocycles. The Morgan fingerprint density at radius 3 is 2.25 bits per heavy atom. The van der Waals surface area contributed by atoms with Crippen molar-refractivity contribution in [1.82, 2.24) is 0 Å². The van der Waals surface area contributed by atoms with Crippen LogP contribution in [0.2, 0.25) is 0 Å². The summed E-state index contributed by atoms with van der Waals surface area (Å²) < 4.78 is 0. The van der Waals surface area contributed by atoms with E-state index in [4.69, 9.17) is 5.11 Å². The number of Topliss-reactive ketones (excluding diaryl/α,β-unsaturated/α-hetero) is 1. The van der Waals surface area contributed by atoms with Crippen LogP contribution in [-0.4, -0.2) is 16.0 Å². The Hall–Kier alpha value is -1.35. The fourth-order valence-corrected chi connectivity index (χ4v) is 0.891. The highest BCUT2D eigenvalue weighted by Gasteiger charge is 2.11. The maximum Gasteiger partial charge on any atom is 0.162 e. The summed E-state index contributed by atoms with van der Waals surface area (Å²) in [6.07, 6.45) is -1.08. The highest BCUT2D eigenvalue weighted by molar-refractivity contribution is 5.81. The van der Waals surface area contributed by atoms with Crippen molar-refractivity contribution in [2.75, 3.05) is 0 Å². The predicted octanol–water partition coefficient (Wildman–Crippen LogP) is 1.01. The number of benzene rings is 1. The van der Waals surface area contributed by atoms with Crippen molar-refractivity contribution in [2.45, 2.75) is 13.0 Å². The standard InChI is InChI=1S/C9H10O3/c1-6(10)9(12)7-2-4-8(11)5-3-7/h2-5,9,11-12H,1H3. The van der Waals surface area contributed by atoms with Crippen LogP contribution in [-0.2, 0) is 4.79 Å². The van der Waals surface area contributed by atoms with Gasteiger partial charge in [0, 0.05) is 0 Å². The number of ketones is 1. The summed E-state index contributed by atoms with van der Waals surface area (Å²) in [7, 11) is 0. The van der Waals surface area contributed by atoms with Crippen LogP contribution in [0.15, 0.2) is 24.3 Å². The van der Waals surface area contributed by atoms with Gasteiger partial charge in [-0.25, -0.2) is 0 Å². The maximum absolute atomic E-state index is 10.7. The van der Waals surface area contributed by atoms with E-state index in [1.807, 2.05) is 0 Å². The molecule has 0 aromatic heterocycles. The van der Waals surface area contributed by atoms with E-state index < -0.39 is 6.10 Å². The Kier molecular flexibility index (Phi) is 2.45. The fourth-order valence-electron chi connectivity index (χ4n) is 0.891. The monoisotopic (exact) mass is 166 g/mol. The van der Waals surface area contributed by atoms with E-state index in [-0.39, 0.29) is 11.5 Å². The Labute approximate surface area is 70.3 Å². The second kappa shape index (κ2) is 3.36. The molecule has 0 heterocycles. The third-order valence-electron chi connectivity index (χ3n) is 1.59. The van der Waals surface area contributed by atoms with E-state index in [1.165, 1.54) is 31.2 Å². The molecule has 12 heavy (non-hydrogen) atoms. The minimum atomic E-state index is -1.08. The quantitative estimate of drug-likeness (QED) is 0.689. The summed E-state index contributed by atoms with van der Waals surface area (Å²) in [5.41, 5.74) is 0.500. The van der Waals surface area contributed by atoms with Gasteiger partial charge in [-0.15, -0.1) is 0 Å². The molecule has 64 valence electrons. The number of phenolic OH excluding ortho intramolecular Hbond substituents is 1. The molecule has 0 spiro atoms. The van der Waals surface area contributed by atoms with Crippen LogP contribution in [0.25, 0.3) is 0 Å². The van der Waals surface area contributed by atoms with Gasteiger partial charge in [-0.05, 0) is 24.6 Å². The summed E-state index contributed by atoms with van der Waals surface area (Å²) in [5.74, 6) is -0.185. The molecule has 2 N–H and O–H groups in total. The van der Waals surface area contributed by atoms with Crippen molar-refractivity contribution >= 4 is 5.78 Å². The molecule has 0 saturated heterocycles. The molecule has 0 bridgehead atoms. The lowest BCUT2D eigenvalue weighted by molar-refractivity contribution is -0.125. The smallest absolute Gasteiger partial charge is 0.162 e. The van der Waals surface area contributed by atoms with Gasteiger partial charge >= 0.3 is 0 Å². The van der Waals surface area contributed by atoms with Crippen molar-refractivity contribution in [2.24, 2.45) is 0 Å². The summed E-state index contributed by atoms with van der Waals surface area (Å²) >= 11 is 0. The summed E-state index contributed by atoms with van der Waals surface area (Å²) in [4.78, 5) is 10.7. The lowest BCUT2D eigenvalue weighted by atomic mass is 10.1. The zero-order valence-electron chi connectivity index (χ0n) is 6.69. The van der Waals surface area contributed by atoms with Crippen molar-refractivity contribution in [3.05, 3.63) is 29.8 Å². The lowest BCUT2D eigenvalue weighted by Gasteiger charge is -2.05. The van der Waals surface area contributed by atoms with Gasteiger partial charge in [-0.1, -0.05) is 12.1 Å². The summed E-state index contributed by atoms with van der Waals surface area (Å²) in [6.45, 7) is 1.32. The highest BCUT2D eigenvalue weighted by atomic mass is 16.3. The Morgan fingerprint density at radius 1 is 1.33 bits per heavy atom. The van der Waals surface area contributed by atoms with Gasteiger partial charge in [0.25, 0.3) is 0 Å². The Bertz CT molecular complexity index is 276. The zero-order valence-corrected chi connectivity index (χ0v) is 6.69. The van der Waals surface area contributed by atoms with E-state index in [0.29, 0.717) is 5.56 Å². The molecule has 1 aromatic carbocycles. The number of carbonyl (C=O) groups excluding carboxylic acids is 1. The molecule has 0 saturated carbocycles. The minimum absolute atomic E-state index is 0.120. The van der Waals surface area contributed by atoms with Crippen LogP contribution >= 0.6 is 0 Å². The van der Waals surface area contributed by atoms with Gasteiger partial charge in [0.1, 0.15) is 11.9 Å². The van der Waals surface area contributed by atoms with Crippen molar-refractivity contribution < 1.29 is 15.0 Å². The van der Waals surface area contributed by atoms with Crippen LogP contribution in [0.3, 0.4) is 0 Å². The number of hydrogen-bond donors (Lipinski definition) is 2. The van der Waals surface area contributed by atoms with Crippen LogP contribution < -0.4 is 0 Å². The first-order chi connectivity index (χ1) is 5.61. The van der Waals surface area contributed by atoms with Crippen molar-refractivity contribution in [3.8, 4) is 5.75 Å². The number of carbonyl (C=O) groups is 1. The average Bonchev–Trinajstić information content (AvgIpc) is 2.04. The normalized spacial score (nSPS) is 12.5. The van der Waals surface area contributed by atoms with E-state index in [0.717, 1.165) is 0 Å². The fraction of sp³-hybridized carbons (Fsp3) is 0.222. The number of hydrogen-bond acceptors (Lipinski definition) is 3. The van der Waals surface area contributed by atoms with Crippen LogP contribution in [0.1, 0.15) is 18.6 Å². The van der Waals surface area contributed by atoms with Gasteiger partial charge in [0.2, 0.25) is 0 Å². The number of aliphatic hydroxyl groups is 1. The molecule has 1 atom stereocenters. The number of phenols is 1. The molecular weight excluding hydrogens is 156 g/mol. The second-order valence-electron chi connectivity index (χ2n) is 2.60. The number of rotatable bonds is 2. The third kappa shape index (κ3) is 1.83. The van der Waals surface area contributed by atoms with Crippen LogP contribution in [0.4, 0.5) is 0 Å². The largest absolute Gasteiger partial charge is 0.508 e. The lowest BCUT2D eigenvalue weighted by Crippen LogP contribution is -2.06. The second-order valence-corrected chi connectivity index (χ2v) is 2.60. The summed E-state index contributed by atoms with van der Waals surface area (Å²) in [6, 6.07) is 5.89. The minimum Gasteiger partial charge on any atom is -0.508 e. The SMILES string of the molecule is CC(=O)C(O)c1ccc(O)cc1. The average molecular weight is 166 g/mol. The third-order valence-corrected chi connectivity index (χ3v) is 1.59. The van der Waals surface area contributed by atoms with E-state index >= 15 is 0 Å². The van der Waals surface area contributed by atoms with E-state index in [2.05, 4.69) is 0 Å². The number of aromatic hydroxyl groups is 1. The molecule has 0 amide bonds. The topological polar surface area (TPSA) is 57.5 Å². The van der Waals surface area contributed by atoms with E-state index in [9.17, 15) is 9.90 Å². The molecular formula is C9H10O3. The van der Waals surface area contributed by atoms with Gasteiger partial charge in [-0.3, -0.25) is 4.79 Å². The van der Waals surface area contributed by atoms with Crippen molar-refractivity contribution in [1.29, 1.82) is 0 Å². The van der Waals surface area contributed by atoms with Crippen LogP contribution in [0.5, 0.6) is 5.75 Å². The Morgan fingerprint density at radius 2 is 1.83 bits per heavy atom. The molecule has 1 aromatic rings. The molecule has 1 unspecified atom stereocenters. The van der Waals surface area contributed by atoms with Gasteiger partial charge in [-0.2, -0.15) is 0 Å². The van der Waals surface area contributed by atoms with Crippen LogP contribution in [0, 0.1) is 0 Å². The molecule has 3 heteroatoms. The van der Waals surface area contributed by atoms with Gasteiger partial charge < -0.3 is 10.2 Å². The van der Waals surface area contributed by atoms with E-state index in [1.54, 1.807) is 0 Å². The molecule has 1 rings (SSSR count). The predicted molar refractivity (Wildman–Crippen MR) is 43.7 cm³/mol. The molecule has 0 fully saturated rings. The molecule has 0 aliphatic rings. The van der Waals surface area contributed by atoms with Gasteiger partial charge in [0.05, 0.1) is 0 Å². The highest BCUT2D eigenvalue weighted by Crippen LogP contribution is 2.16. The molecule has 3 nitrogen and oxygen atoms in total. The summed E-state index contributed by atoms with van der Waals surface area (Å²) in [5, 5.41) is 18.2. The zero-order chi connectivity index (χ0) is 9.14. The van der Waals surface area contributed by atoms with Crippen molar-refractivity contribution in [3.63, 3.8) is 0 Å². The first-order valence-electron chi connectivity index (χ1n) is 3.58. The Balaban J connectivity index is 2.89. The first kappa shape index (κ1) is 8.74. The first-order valence-corrected chi connectivity index (χ1v) is 3.58. The molecule has 0 aliphatic heterocycles.